The second-order valence-electron chi connectivity index (χ2n) is 6.33. The smallest absolute Gasteiger partial charge is 0.0930 e. The highest BCUT2D eigenvalue weighted by Gasteiger charge is 2.14. The minimum atomic E-state index is 0.547. The Morgan fingerprint density at radius 1 is 0.786 bits per heavy atom. The molecule has 0 bridgehead atoms. The summed E-state index contributed by atoms with van der Waals surface area (Å²) in [6.45, 7) is 0.547. The second-order valence-corrected chi connectivity index (χ2v) is 9.00. The van der Waals surface area contributed by atoms with E-state index < -0.39 is 0 Å². The van der Waals surface area contributed by atoms with Crippen molar-refractivity contribution >= 4 is 55.1 Å². The normalized spacial score (nSPS) is 11.0. The fourth-order valence-corrected chi connectivity index (χ4v) is 4.28. The maximum absolute atomic E-state index is 6.41. The Bertz CT molecular complexity index is 1150. The largest absolute Gasteiger partial charge is 0.260 e. The van der Waals surface area contributed by atoms with Crippen molar-refractivity contribution in [2.75, 3.05) is 0 Å². The summed E-state index contributed by atoms with van der Waals surface area (Å²) in [5.74, 6) is 0. The molecule has 0 atom stereocenters. The van der Waals surface area contributed by atoms with Crippen LogP contribution in [-0.4, -0.2) is 9.78 Å². The summed E-state index contributed by atoms with van der Waals surface area (Å²) in [6.07, 6.45) is 0. The molecule has 0 aliphatic heterocycles. The van der Waals surface area contributed by atoms with E-state index in [2.05, 4.69) is 62.2 Å². The Morgan fingerprint density at radius 2 is 1.46 bits per heavy atom. The molecule has 0 saturated heterocycles. The van der Waals surface area contributed by atoms with Crippen LogP contribution in [0.2, 0.25) is 10.0 Å². The van der Waals surface area contributed by atoms with Gasteiger partial charge in [-0.15, -0.1) is 0 Å². The van der Waals surface area contributed by atoms with Gasteiger partial charge in [0.1, 0.15) is 0 Å². The molecule has 3 aromatic carbocycles. The van der Waals surface area contributed by atoms with Gasteiger partial charge in [0.05, 0.1) is 17.9 Å². The minimum absolute atomic E-state index is 0.547. The second kappa shape index (κ2) is 8.42. The maximum Gasteiger partial charge on any atom is 0.0930 e. The van der Waals surface area contributed by atoms with Gasteiger partial charge in [-0.05, 0) is 48.0 Å². The van der Waals surface area contributed by atoms with Gasteiger partial charge in [-0.1, -0.05) is 85.4 Å². The molecule has 0 aliphatic carbocycles. The first-order valence-electron chi connectivity index (χ1n) is 8.53. The Hall–Kier alpha value is -1.59. The van der Waals surface area contributed by atoms with Crippen LogP contribution in [0, 0.1) is 0 Å². The summed E-state index contributed by atoms with van der Waals surface area (Å²) in [4.78, 5) is 0. The monoisotopic (exact) mass is 534 g/mol. The first kappa shape index (κ1) is 19.7. The SMILES string of the molecule is Clc1ccc(Cn2nc(-c3cccc(Br)c3)cc2-c2cccc(Br)c2)c(Cl)c1. The molecule has 0 aliphatic rings. The molecule has 28 heavy (non-hydrogen) atoms. The van der Waals surface area contributed by atoms with Gasteiger partial charge in [-0.2, -0.15) is 5.10 Å². The van der Waals surface area contributed by atoms with Crippen molar-refractivity contribution in [3.63, 3.8) is 0 Å². The van der Waals surface area contributed by atoms with E-state index in [0.717, 1.165) is 37.0 Å². The number of hydrogen-bond acceptors (Lipinski definition) is 1. The summed E-state index contributed by atoms with van der Waals surface area (Å²) in [7, 11) is 0. The molecule has 0 radical (unpaired) electrons. The van der Waals surface area contributed by atoms with Gasteiger partial charge >= 0.3 is 0 Å². The van der Waals surface area contributed by atoms with Gasteiger partial charge in [-0.25, -0.2) is 0 Å². The third-order valence-corrected chi connectivity index (χ3v) is 5.93. The molecule has 6 heteroatoms. The lowest BCUT2D eigenvalue weighted by atomic mass is 10.1. The van der Waals surface area contributed by atoms with Crippen LogP contribution in [0.15, 0.2) is 81.7 Å². The van der Waals surface area contributed by atoms with Crippen LogP contribution in [0.5, 0.6) is 0 Å². The zero-order valence-electron chi connectivity index (χ0n) is 14.5. The predicted molar refractivity (Wildman–Crippen MR) is 124 cm³/mol. The van der Waals surface area contributed by atoms with Crippen molar-refractivity contribution in [1.82, 2.24) is 9.78 Å². The Morgan fingerprint density at radius 3 is 2.14 bits per heavy atom. The molecular formula is C22H14Br2Cl2N2. The average molecular weight is 537 g/mol. The van der Waals surface area contributed by atoms with Gasteiger partial charge in [0.2, 0.25) is 0 Å². The van der Waals surface area contributed by atoms with Crippen LogP contribution in [0.3, 0.4) is 0 Å². The van der Waals surface area contributed by atoms with Crippen molar-refractivity contribution in [2.24, 2.45) is 0 Å². The van der Waals surface area contributed by atoms with Crippen molar-refractivity contribution in [3.05, 3.63) is 97.4 Å². The molecular weight excluding hydrogens is 523 g/mol. The van der Waals surface area contributed by atoms with Crippen molar-refractivity contribution in [3.8, 4) is 22.5 Å². The van der Waals surface area contributed by atoms with Crippen LogP contribution < -0.4 is 0 Å². The molecule has 0 amide bonds. The molecule has 140 valence electrons. The van der Waals surface area contributed by atoms with Gasteiger partial charge in [0.25, 0.3) is 0 Å². The quantitative estimate of drug-likeness (QED) is 0.258. The number of aromatic nitrogens is 2. The third kappa shape index (κ3) is 4.36. The molecule has 0 N–H and O–H groups in total. The first-order chi connectivity index (χ1) is 13.5. The predicted octanol–water partition coefficient (Wildman–Crippen LogP) is 8.10. The standard InChI is InChI=1S/C22H14Br2Cl2N2/c23-17-5-1-3-14(9-17)21-12-22(15-4-2-6-18(24)10-15)28(27-21)13-16-7-8-19(25)11-20(16)26/h1-12H,13H2. The molecule has 2 nitrogen and oxygen atoms in total. The molecule has 0 fully saturated rings. The van der Waals surface area contributed by atoms with Crippen molar-refractivity contribution < 1.29 is 0 Å². The lowest BCUT2D eigenvalue weighted by Crippen LogP contribution is -2.04. The summed E-state index contributed by atoms with van der Waals surface area (Å²) in [5, 5.41) is 6.13. The topological polar surface area (TPSA) is 17.8 Å². The van der Waals surface area contributed by atoms with E-state index in [4.69, 9.17) is 28.3 Å². The zero-order chi connectivity index (χ0) is 19.7. The van der Waals surface area contributed by atoms with E-state index in [9.17, 15) is 0 Å². The first-order valence-corrected chi connectivity index (χ1v) is 10.9. The molecule has 0 saturated carbocycles. The van der Waals surface area contributed by atoms with Gasteiger partial charge in [0, 0.05) is 30.1 Å². The zero-order valence-corrected chi connectivity index (χ0v) is 19.2. The van der Waals surface area contributed by atoms with Gasteiger partial charge < -0.3 is 0 Å². The Balaban J connectivity index is 1.83. The molecule has 4 rings (SSSR count). The number of halogens is 4. The van der Waals surface area contributed by atoms with Gasteiger partial charge in [0.15, 0.2) is 0 Å². The van der Waals surface area contributed by atoms with Crippen LogP contribution >= 0.6 is 55.1 Å². The molecule has 1 heterocycles. The minimum Gasteiger partial charge on any atom is -0.260 e. The summed E-state index contributed by atoms with van der Waals surface area (Å²) >= 11 is 19.6. The van der Waals surface area contributed by atoms with E-state index in [1.807, 2.05) is 41.1 Å². The van der Waals surface area contributed by atoms with Crippen molar-refractivity contribution in [2.45, 2.75) is 6.54 Å². The third-order valence-electron chi connectivity index (χ3n) is 4.36. The van der Waals surface area contributed by atoms with Crippen LogP contribution in [0.25, 0.3) is 22.5 Å². The van der Waals surface area contributed by atoms with Crippen LogP contribution in [0.4, 0.5) is 0 Å². The summed E-state index contributed by atoms with van der Waals surface area (Å²) in [5.41, 5.74) is 5.01. The summed E-state index contributed by atoms with van der Waals surface area (Å²) < 4.78 is 4.02. The number of nitrogens with zero attached hydrogens (tertiary/aromatic N) is 2. The maximum atomic E-state index is 6.41. The lowest BCUT2D eigenvalue weighted by Gasteiger charge is -2.10. The van der Waals surface area contributed by atoms with Crippen LogP contribution in [-0.2, 0) is 6.54 Å². The summed E-state index contributed by atoms with van der Waals surface area (Å²) in [6, 6.07) is 24.0. The highest BCUT2D eigenvalue weighted by atomic mass is 79.9. The number of benzene rings is 3. The van der Waals surface area contributed by atoms with E-state index in [0.29, 0.717) is 16.6 Å². The van der Waals surface area contributed by atoms with Crippen molar-refractivity contribution in [1.29, 1.82) is 0 Å². The number of rotatable bonds is 4. The Labute approximate surface area is 190 Å². The van der Waals surface area contributed by atoms with E-state index >= 15 is 0 Å². The van der Waals surface area contributed by atoms with E-state index in [1.165, 1.54) is 0 Å². The molecule has 0 spiro atoms. The molecule has 0 unspecified atom stereocenters. The fraction of sp³-hybridized carbons (Fsp3) is 0.0455. The number of hydrogen-bond donors (Lipinski definition) is 0. The Kier molecular flexibility index (Phi) is 5.93. The van der Waals surface area contributed by atoms with E-state index in [-0.39, 0.29) is 0 Å². The average Bonchev–Trinajstić information content (AvgIpc) is 3.08. The lowest BCUT2D eigenvalue weighted by molar-refractivity contribution is 0.697. The highest BCUT2D eigenvalue weighted by Crippen LogP contribution is 2.31. The fourth-order valence-electron chi connectivity index (χ4n) is 3.02. The molecule has 1 aromatic heterocycles. The highest BCUT2D eigenvalue weighted by molar-refractivity contribution is 9.10. The van der Waals surface area contributed by atoms with Crippen LogP contribution in [0.1, 0.15) is 5.56 Å². The van der Waals surface area contributed by atoms with Gasteiger partial charge in [-0.3, -0.25) is 4.68 Å². The molecule has 4 aromatic rings. The van der Waals surface area contributed by atoms with E-state index in [1.54, 1.807) is 6.07 Å².